The van der Waals surface area contributed by atoms with E-state index < -0.39 is 0 Å². The summed E-state index contributed by atoms with van der Waals surface area (Å²) in [7, 11) is 1.78. The highest BCUT2D eigenvalue weighted by Crippen LogP contribution is 2.24. The number of nitrogens with one attached hydrogen (secondary N) is 1. The minimum Gasteiger partial charge on any atom is -0.354 e. The van der Waals surface area contributed by atoms with Gasteiger partial charge in [-0.25, -0.2) is 0 Å². The van der Waals surface area contributed by atoms with Gasteiger partial charge in [-0.2, -0.15) is 10.2 Å². The summed E-state index contributed by atoms with van der Waals surface area (Å²) in [5.41, 5.74) is 2.45. The number of hydrogen-bond acceptors (Lipinski definition) is 5. The van der Waals surface area contributed by atoms with Crippen molar-refractivity contribution in [2.75, 3.05) is 24.5 Å². The third kappa shape index (κ3) is 3.81. The van der Waals surface area contributed by atoms with Crippen LogP contribution in [0.25, 0.3) is 0 Å². The predicted octanol–water partition coefficient (Wildman–Crippen LogP) is 1.68. The van der Waals surface area contributed by atoms with E-state index in [9.17, 15) is 4.79 Å². The van der Waals surface area contributed by atoms with Gasteiger partial charge in [-0.3, -0.25) is 9.48 Å². The highest BCUT2D eigenvalue weighted by atomic mass is 16.2. The van der Waals surface area contributed by atoms with Crippen molar-refractivity contribution in [3.63, 3.8) is 0 Å². The molecule has 0 radical (unpaired) electrons. The number of nitrogens with zero attached hydrogens (tertiary/aromatic N) is 5. The Morgan fingerprint density at radius 3 is 2.52 bits per heavy atom. The molecule has 0 bridgehead atoms. The van der Waals surface area contributed by atoms with E-state index >= 15 is 0 Å². The second-order valence-electron chi connectivity index (χ2n) is 7.80. The standard InChI is InChI=1S/C18H26N6O/c1-12-8-14(23(5)22-12)17(25)19-9-13-10-24(11-13)16-7-6-15(20-21-16)18(2,3)4/h6-8,13H,9-11H2,1-5H3,(H,19,25). The molecule has 3 heterocycles. The topological polar surface area (TPSA) is 75.9 Å². The molecule has 2 aromatic rings. The predicted molar refractivity (Wildman–Crippen MR) is 96.7 cm³/mol. The van der Waals surface area contributed by atoms with Gasteiger partial charge in [-0.15, -0.1) is 5.10 Å². The molecule has 1 aliphatic heterocycles. The average molecular weight is 342 g/mol. The summed E-state index contributed by atoms with van der Waals surface area (Å²) in [5.74, 6) is 1.26. The van der Waals surface area contributed by atoms with Gasteiger partial charge in [0.05, 0.1) is 11.4 Å². The maximum atomic E-state index is 12.2. The number of rotatable bonds is 4. The highest BCUT2D eigenvalue weighted by molar-refractivity contribution is 5.92. The number of carbonyl (C=O) groups is 1. The fourth-order valence-electron chi connectivity index (χ4n) is 2.93. The van der Waals surface area contributed by atoms with Crippen LogP contribution in [0.4, 0.5) is 5.82 Å². The number of anilines is 1. The number of aromatic nitrogens is 4. The van der Waals surface area contributed by atoms with E-state index in [1.54, 1.807) is 17.8 Å². The Morgan fingerprint density at radius 2 is 2.00 bits per heavy atom. The van der Waals surface area contributed by atoms with Crippen molar-refractivity contribution in [2.24, 2.45) is 13.0 Å². The minimum atomic E-state index is -0.0733. The van der Waals surface area contributed by atoms with Gasteiger partial charge in [0.1, 0.15) is 5.69 Å². The Morgan fingerprint density at radius 1 is 1.28 bits per heavy atom. The van der Waals surface area contributed by atoms with Crippen LogP contribution in [0.2, 0.25) is 0 Å². The lowest BCUT2D eigenvalue weighted by atomic mass is 9.92. The summed E-state index contributed by atoms with van der Waals surface area (Å²) in [5, 5.41) is 15.9. The van der Waals surface area contributed by atoms with Crippen LogP contribution < -0.4 is 10.2 Å². The van der Waals surface area contributed by atoms with E-state index in [1.807, 2.05) is 19.1 Å². The molecule has 7 heteroatoms. The number of hydrogen-bond donors (Lipinski definition) is 1. The van der Waals surface area contributed by atoms with Crippen LogP contribution >= 0.6 is 0 Å². The van der Waals surface area contributed by atoms with Gasteiger partial charge in [0, 0.05) is 38.0 Å². The Balaban J connectivity index is 1.48. The zero-order valence-corrected chi connectivity index (χ0v) is 15.6. The molecule has 0 atom stereocenters. The summed E-state index contributed by atoms with van der Waals surface area (Å²) in [6.45, 7) is 10.7. The van der Waals surface area contributed by atoms with Crippen LogP contribution in [0.15, 0.2) is 18.2 Å². The molecule has 0 unspecified atom stereocenters. The maximum absolute atomic E-state index is 12.2. The van der Waals surface area contributed by atoms with Crippen molar-refractivity contribution in [3.05, 3.63) is 35.3 Å². The van der Waals surface area contributed by atoms with Gasteiger partial charge in [-0.05, 0) is 25.1 Å². The van der Waals surface area contributed by atoms with E-state index in [-0.39, 0.29) is 11.3 Å². The van der Waals surface area contributed by atoms with Gasteiger partial charge in [0.2, 0.25) is 0 Å². The largest absolute Gasteiger partial charge is 0.354 e. The molecule has 1 amide bonds. The second kappa shape index (κ2) is 6.46. The molecular weight excluding hydrogens is 316 g/mol. The van der Waals surface area contributed by atoms with Crippen molar-refractivity contribution >= 4 is 11.7 Å². The van der Waals surface area contributed by atoms with Crippen molar-refractivity contribution in [1.29, 1.82) is 0 Å². The molecule has 1 fully saturated rings. The molecule has 0 spiro atoms. The lowest BCUT2D eigenvalue weighted by Crippen LogP contribution is -2.52. The smallest absolute Gasteiger partial charge is 0.269 e. The molecule has 7 nitrogen and oxygen atoms in total. The summed E-state index contributed by atoms with van der Waals surface area (Å²) in [4.78, 5) is 14.4. The van der Waals surface area contributed by atoms with Gasteiger partial charge >= 0.3 is 0 Å². The zero-order chi connectivity index (χ0) is 18.2. The summed E-state index contributed by atoms with van der Waals surface area (Å²) < 4.78 is 1.62. The molecule has 1 saturated heterocycles. The molecular formula is C18H26N6O. The third-order valence-electron chi connectivity index (χ3n) is 4.49. The maximum Gasteiger partial charge on any atom is 0.269 e. The molecule has 25 heavy (non-hydrogen) atoms. The van der Waals surface area contributed by atoms with Gasteiger partial charge < -0.3 is 10.2 Å². The third-order valence-corrected chi connectivity index (χ3v) is 4.49. The Labute approximate surface area is 148 Å². The van der Waals surface area contributed by atoms with E-state index in [2.05, 4.69) is 46.3 Å². The summed E-state index contributed by atoms with van der Waals surface area (Å²) >= 11 is 0. The number of amides is 1. The summed E-state index contributed by atoms with van der Waals surface area (Å²) in [6, 6.07) is 5.87. The molecule has 2 aromatic heterocycles. The Hall–Kier alpha value is -2.44. The lowest BCUT2D eigenvalue weighted by Gasteiger charge is -2.40. The van der Waals surface area contributed by atoms with E-state index in [0.29, 0.717) is 18.2 Å². The SMILES string of the molecule is Cc1cc(C(=O)NCC2CN(c3ccc(C(C)(C)C)nn3)C2)n(C)n1. The molecule has 3 rings (SSSR count). The Bertz CT molecular complexity index is 753. The molecule has 0 aliphatic carbocycles. The van der Waals surface area contributed by atoms with E-state index in [0.717, 1.165) is 30.3 Å². The fourth-order valence-corrected chi connectivity index (χ4v) is 2.93. The van der Waals surface area contributed by atoms with Crippen LogP contribution in [0, 0.1) is 12.8 Å². The van der Waals surface area contributed by atoms with Crippen molar-refractivity contribution in [1.82, 2.24) is 25.3 Å². The van der Waals surface area contributed by atoms with Crippen LogP contribution in [0.1, 0.15) is 42.6 Å². The first kappa shape index (κ1) is 17.4. The first-order chi connectivity index (χ1) is 11.7. The van der Waals surface area contributed by atoms with Crippen LogP contribution in [-0.2, 0) is 12.5 Å². The van der Waals surface area contributed by atoms with Gasteiger partial charge in [-0.1, -0.05) is 20.8 Å². The van der Waals surface area contributed by atoms with Crippen LogP contribution in [0.5, 0.6) is 0 Å². The molecule has 1 aliphatic rings. The van der Waals surface area contributed by atoms with Crippen LogP contribution in [-0.4, -0.2) is 45.5 Å². The van der Waals surface area contributed by atoms with E-state index in [1.165, 1.54) is 0 Å². The van der Waals surface area contributed by atoms with Gasteiger partial charge in [0.15, 0.2) is 5.82 Å². The Kier molecular flexibility index (Phi) is 4.49. The second-order valence-corrected chi connectivity index (χ2v) is 7.80. The van der Waals surface area contributed by atoms with Crippen molar-refractivity contribution < 1.29 is 4.79 Å². The number of carbonyl (C=O) groups excluding carboxylic acids is 1. The monoisotopic (exact) mass is 342 g/mol. The zero-order valence-electron chi connectivity index (χ0n) is 15.6. The van der Waals surface area contributed by atoms with E-state index in [4.69, 9.17) is 0 Å². The molecule has 134 valence electrons. The molecule has 0 aromatic carbocycles. The van der Waals surface area contributed by atoms with Crippen molar-refractivity contribution in [2.45, 2.75) is 33.1 Å². The highest BCUT2D eigenvalue weighted by Gasteiger charge is 2.29. The quantitative estimate of drug-likeness (QED) is 0.915. The molecule has 0 saturated carbocycles. The number of aryl methyl sites for hydroxylation is 2. The van der Waals surface area contributed by atoms with Crippen LogP contribution in [0.3, 0.4) is 0 Å². The van der Waals surface area contributed by atoms with Crippen molar-refractivity contribution in [3.8, 4) is 0 Å². The minimum absolute atomic E-state index is 0.0114. The first-order valence-electron chi connectivity index (χ1n) is 8.62. The normalized spacial score (nSPS) is 15.2. The molecule has 1 N–H and O–H groups in total. The lowest BCUT2D eigenvalue weighted by molar-refractivity contribution is 0.0935. The average Bonchev–Trinajstić information content (AvgIpc) is 2.84. The fraction of sp³-hybridized carbons (Fsp3) is 0.556. The summed E-state index contributed by atoms with van der Waals surface area (Å²) in [6.07, 6.45) is 0. The van der Waals surface area contributed by atoms with Gasteiger partial charge in [0.25, 0.3) is 5.91 Å². The first-order valence-corrected chi connectivity index (χ1v) is 8.62.